The lowest BCUT2D eigenvalue weighted by Gasteiger charge is -1.93. The lowest BCUT2D eigenvalue weighted by Crippen LogP contribution is -2.18. The lowest BCUT2D eigenvalue weighted by molar-refractivity contribution is -0.191. The maximum atomic E-state index is 9.77. The number of nitrogens with zero attached hydrogens (tertiary/aromatic N) is 2. The molecular formula is C12H22N6O8. The Hall–Kier alpha value is -3.45. The molecule has 0 radical (unpaired) electrons. The zero-order valence-corrected chi connectivity index (χ0v) is 13.7. The minimum atomic E-state index is -0.213. The van der Waals surface area contributed by atoms with Crippen LogP contribution >= 0.6 is 0 Å². The number of amides is 1. The quantitative estimate of drug-likeness (QED) is 0.211. The summed E-state index contributed by atoms with van der Waals surface area (Å²) in [7, 11) is 0. The van der Waals surface area contributed by atoms with Crippen LogP contribution in [0.4, 0.5) is 5.82 Å². The highest BCUT2D eigenvalue weighted by Crippen LogP contribution is 2.06. The van der Waals surface area contributed by atoms with Gasteiger partial charge in [0.2, 0.25) is 6.41 Å². The van der Waals surface area contributed by atoms with Gasteiger partial charge in [0.15, 0.2) is 17.3 Å². The number of aryl methyl sites for hydroxylation is 1. The minimum absolute atomic E-state index is 0. The van der Waals surface area contributed by atoms with Gasteiger partial charge in [0.05, 0.1) is 5.69 Å². The van der Waals surface area contributed by atoms with Gasteiger partial charge >= 0.3 is 6.15 Å². The SMILES string of the molecule is CCc1cc(CO)on1.N=N.O.O=C=O.O=CNNc1cc(CO)on1.[HH]. The molecule has 14 nitrogen and oxygen atoms in total. The number of aliphatic hydroxyl groups is 2. The number of hydrazine groups is 1. The van der Waals surface area contributed by atoms with Crippen molar-refractivity contribution in [1.29, 1.82) is 11.1 Å². The van der Waals surface area contributed by atoms with Gasteiger partial charge in [-0.3, -0.25) is 15.6 Å². The number of aliphatic hydroxyl groups excluding tert-OH is 2. The fourth-order valence-electron chi connectivity index (χ4n) is 1.15. The van der Waals surface area contributed by atoms with Crippen LogP contribution in [-0.4, -0.2) is 38.6 Å². The Balaban J connectivity index is -0.000000151. The van der Waals surface area contributed by atoms with Crippen LogP contribution in [0.1, 0.15) is 25.6 Å². The highest BCUT2D eigenvalue weighted by Gasteiger charge is 2.00. The zero-order valence-electron chi connectivity index (χ0n) is 13.7. The van der Waals surface area contributed by atoms with E-state index in [9.17, 15) is 4.79 Å². The maximum absolute atomic E-state index is 9.77. The van der Waals surface area contributed by atoms with Gasteiger partial charge in [0.25, 0.3) is 0 Å². The van der Waals surface area contributed by atoms with E-state index in [1.54, 1.807) is 6.07 Å². The van der Waals surface area contributed by atoms with Crippen LogP contribution in [0.5, 0.6) is 0 Å². The van der Waals surface area contributed by atoms with E-state index in [2.05, 4.69) is 25.7 Å². The Bertz CT molecular complexity index is 598. The molecule has 2 aromatic rings. The predicted molar refractivity (Wildman–Crippen MR) is 83.2 cm³/mol. The second-order valence-electron chi connectivity index (χ2n) is 3.60. The van der Waals surface area contributed by atoms with Crippen LogP contribution in [-0.2, 0) is 34.0 Å². The molecule has 8 N–H and O–H groups in total. The molecule has 0 aliphatic rings. The average molecular weight is 378 g/mol. The second kappa shape index (κ2) is 19.6. The number of hydrogen-bond donors (Lipinski definition) is 6. The summed E-state index contributed by atoms with van der Waals surface area (Å²) in [6.07, 6.45) is 1.57. The van der Waals surface area contributed by atoms with Crippen molar-refractivity contribution in [1.82, 2.24) is 15.7 Å². The first-order chi connectivity index (χ1) is 12.1. The van der Waals surface area contributed by atoms with Crippen molar-refractivity contribution in [2.24, 2.45) is 0 Å². The van der Waals surface area contributed by atoms with Crippen molar-refractivity contribution in [3.8, 4) is 0 Å². The Morgan fingerprint density at radius 2 is 1.69 bits per heavy atom. The Labute approximate surface area is 148 Å². The summed E-state index contributed by atoms with van der Waals surface area (Å²) in [5.41, 5.74) is 15.5. The Morgan fingerprint density at radius 1 is 1.19 bits per heavy atom. The molecule has 1 amide bonds. The molecule has 0 aromatic carbocycles. The van der Waals surface area contributed by atoms with Crippen molar-refractivity contribution in [3.05, 3.63) is 29.3 Å². The molecule has 0 bridgehead atoms. The van der Waals surface area contributed by atoms with Crippen LogP contribution < -0.4 is 10.9 Å². The van der Waals surface area contributed by atoms with Gasteiger partial charge in [0, 0.05) is 13.6 Å². The molecule has 14 heteroatoms. The first kappa shape index (κ1) is 27.4. The smallest absolute Gasteiger partial charge is 0.373 e. The van der Waals surface area contributed by atoms with E-state index in [4.69, 9.17) is 35.4 Å². The van der Waals surface area contributed by atoms with E-state index in [0.717, 1.165) is 12.1 Å². The molecule has 0 saturated heterocycles. The summed E-state index contributed by atoms with van der Waals surface area (Å²) in [4.78, 5) is 26.0. The van der Waals surface area contributed by atoms with E-state index in [0.29, 0.717) is 23.7 Å². The van der Waals surface area contributed by atoms with Crippen LogP contribution in [0.15, 0.2) is 21.2 Å². The number of rotatable bonds is 6. The third kappa shape index (κ3) is 13.0. The van der Waals surface area contributed by atoms with Gasteiger partial charge in [-0.05, 0) is 6.42 Å². The third-order valence-electron chi connectivity index (χ3n) is 2.10. The highest BCUT2D eigenvalue weighted by atomic mass is 16.5. The summed E-state index contributed by atoms with van der Waals surface area (Å²) in [5.74, 6) is 1.22. The number of nitrogens with one attached hydrogen (secondary N) is 4. The number of hydrogen-bond acceptors (Lipinski definition) is 12. The van der Waals surface area contributed by atoms with Crippen LogP contribution in [0.2, 0.25) is 0 Å². The van der Waals surface area contributed by atoms with E-state index in [1.165, 1.54) is 6.07 Å². The average Bonchev–Trinajstić information content (AvgIpc) is 3.31. The number of carbonyl (C=O) groups excluding carboxylic acids is 3. The Kier molecular flexibility index (Phi) is 20.7. The van der Waals surface area contributed by atoms with Gasteiger partial charge in [-0.2, -0.15) is 9.59 Å². The molecule has 2 aromatic heterocycles. The van der Waals surface area contributed by atoms with Crippen molar-refractivity contribution < 1.29 is 40.5 Å². The first-order valence-electron chi connectivity index (χ1n) is 6.46. The molecule has 0 saturated carbocycles. The van der Waals surface area contributed by atoms with Gasteiger partial charge in [0.1, 0.15) is 13.2 Å². The van der Waals surface area contributed by atoms with Crippen molar-refractivity contribution >= 4 is 18.4 Å². The van der Waals surface area contributed by atoms with Gasteiger partial charge in [-0.1, -0.05) is 17.2 Å². The predicted octanol–water partition coefficient (Wildman–Crippen LogP) is -0.597. The second-order valence-corrected chi connectivity index (χ2v) is 3.60. The standard InChI is InChI=1S/C6H9NO2.C5H7N3O3.CO2.H2N2.H2O.H2/c1-2-5-3-6(4-8)9-7-5;9-2-4-1-5(8-11-4)7-6-3-10;2-1-3;1-2;;/h3,8H,2,4H2,1H3;1,3,9H,2H2,(H,6,10)(H,7,8);;1-2H;1H2;1H. The maximum Gasteiger partial charge on any atom is 0.373 e. The van der Waals surface area contributed by atoms with Crippen LogP contribution in [0, 0.1) is 11.1 Å². The van der Waals surface area contributed by atoms with Gasteiger partial charge in [-0.15, -0.1) is 0 Å². The molecule has 0 atom stereocenters. The van der Waals surface area contributed by atoms with Crippen LogP contribution in [0.25, 0.3) is 0 Å². The number of anilines is 1. The van der Waals surface area contributed by atoms with Crippen molar-refractivity contribution in [2.45, 2.75) is 26.6 Å². The Morgan fingerprint density at radius 3 is 2.04 bits per heavy atom. The fourth-order valence-corrected chi connectivity index (χ4v) is 1.15. The van der Waals surface area contributed by atoms with Crippen LogP contribution in [0.3, 0.4) is 0 Å². The highest BCUT2D eigenvalue weighted by molar-refractivity contribution is 5.50. The molecule has 0 unspecified atom stereocenters. The minimum Gasteiger partial charge on any atom is -0.412 e. The number of aromatic nitrogens is 2. The lowest BCUT2D eigenvalue weighted by atomic mass is 10.3. The molecule has 2 rings (SSSR count). The van der Waals surface area contributed by atoms with E-state index < -0.39 is 0 Å². The monoisotopic (exact) mass is 378 g/mol. The van der Waals surface area contributed by atoms with Gasteiger partial charge < -0.3 is 24.7 Å². The largest absolute Gasteiger partial charge is 0.412 e. The summed E-state index contributed by atoms with van der Waals surface area (Å²) >= 11 is 0. The van der Waals surface area contributed by atoms with E-state index in [1.807, 2.05) is 6.92 Å². The van der Waals surface area contributed by atoms with E-state index >= 15 is 0 Å². The molecule has 0 fully saturated rings. The molecule has 0 aliphatic heterocycles. The molecule has 0 aliphatic carbocycles. The number of carbonyl (C=O) groups is 1. The first-order valence-corrected chi connectivity index (χ1v) is 6.46. The van der Waals surface area contributed by atoms with Crippen molar-refractivity contribution in [3.63, 3.8) is 0 Å². The van der Waals surface area contributed by atoms with E-state index in [-0.39, 0.29) is 26.3 Å². The summed E-state index contributed by atoms with van der Waals surface area (Å²) in [6.45, 7) is 1.71. The molecule has 0 spiro atoms. The fraction of sp³-hybridized carbons (Fsp3) is 0.333. The molecule has 148 valence electrons. The molecule has 2 heterocycles. The summed E-state index contributed by atoms with van der Waals surface area (Å²) < 4.78 is 9.30. The third-order valence-corrected chi connectivity index (χ3v) is 2.10. The normalized spacial score (nSPS) is 7.81. The molecular weight excluding hydrogens is 356 g/mol. The molecule has 26 heavy (non-hydrogen) atoms. The summed E-state index contributed by atoms with van der Waals surface area (Å²) in [6, 6.07) is 3.22. The topological polar surface area (TPSA) is 247 Å². The van der Waals surface area contributed by atoms with Gasteiger partial charge in [-0.25, -0.2) is 11.1 Å². The summed E-state index contributed by atoms with van der Waals surface area (Å²) in [5, 5.41) is 24.2. The zero-order chi connectivity index (χ0) is 19.5. The van der Waals surface area contributed by atoms with Crippen molar-refractivity contribution in [2.75, 3.05) is 5.43 Å².